The van der Waals surface area contributed by atoms with Crippen molar-refractivity contribution in [3.63, 3.8) is 0 Å². The number of H-pyrrole nitrogens is 1. The molecule has 3 aromatic heterocycles. The second kappa shape index (κ2) is 9.40. The second-order valence-electron chi connectivity index (χ2n) is 9.18. The molecule has 0 saturated carbocycles. The Morgan fingerprint density at radius 1 is 1.19 bits per heavy atom. The topological polar surface area (TPSA) is 135 Å². The molecular formula is C27H27N7O3. The van der Waals surface area contributed by atoms with Crippen molar-refractivity contribution < 1.29 is 9.21 Å². The van der Waals surface area contributed by atoms with Crippen LogP contribution in [-0.2, 0) is 4.79 Å². The van der Waals surface area contributed by atoms with Crippen LogP contribution < -0.4 is 16.6 Å². The number of furan rings is 1. The Kier molecular flexibility index (Phi) is 6.10. The third kappa shape index (κ3) is 4.50. The summed E-state index contributed by atoms with van der Waals surface area (Å²) in [6, 6.07) is 13.1. The molecule has 0 unspecified atom stereocenters. The molecule has 188 valence electrons. The fourth-order valence-electron chi connectivity index (χ4n) is 4.24. The van der Waals surface area contributed by atoms with Crippen LogP contribution in [0.1, 0.15) is 11.1 Å². The van der Waals surface area contributed by atoms with Crippen LogP contribution in [0.2, 0.25) is 0 Å². The number of benzene rings is 2. The van der Waals surface area contributed by atoms with E-state index < -0.39 is 5.56 Å². The number of aryl methyl sites for hydroxylation is 2. The van der Waals surface area contributed by atoms with Crippen LogP contribution in [0.5, 0.6) is 0 Å². The molecule has 2 aromatic carbocycles. The van der Waals surface area contributed by atoms with Crippen LogP contribution in [0.4, 0.5) is 11.5 Å². The Morgan fingerprint density at radius 2 is 1.95 bits per heavy atom. The van der Waals surface area contributed by atoms with Crippen LogP contribution in [0.25, 0.3) is 39.0 Å². The van der Waals surface area contributed by atoms with Crippen LogP contribution in [0.3, 0.4) is 0 Å². The van der Waals surface area contributed by atoms with Crippen molar-refractivity contribution in [1.29, 1.82) is 0 Å². The minimum absolute atomic E-state index is 0.139. The minimum Gasteiger partial charge on any atom is -0.454 e. The van der Waals surface area contributed by atoms with Crippen molar-refractivity contribution in [3.8, 4) is 17.1 Å². The second-order valence-corrected chi connectivity index (χ2v) is 9.18. The molecule has 0 bridgehead atoms. The Balaban J connectivity index is 1.61. The summed E-state index contributed by atoms with van der Waals surface area (Å²) < 4.78 is 7.89. The van der Waals surface area contributed by atoms with Crippen LogP contribution in [0.15, 0.2) is 63.8 Å². The zero-order valence-corrected chi connectivity index (χ0v) is 21.0. The smallest absolute Gasteiger partial charge is 0.292 e. The highest BCUT2D eigenvalue weighted by atomic mass is 16.3. The number of nitrogens with one attached hydrogen (secondary N) is 2. The Bertz CT molecular complexity index is 1720. The molecule has 0 atom stereocenters. The van der Waals surface area contributed by atoms with Crippen molar-refractivity contribution in [1.82, 2.24) is 24.9 Å². The third-order valence-corrected chi connectivity index (χ3v) is 6.06. The van der Waals surface area contributed by atoms with Gasteiger partial charge in [-0.05, 0) is 64.3 Å². The number of nitrogens with two attached hydrogens (primary N) is 1. The van der Waals surface area contributed by atoms with E-state index in [9.17, 15) is 9.59 Å². The number of amides is 1. The summed E-state index contributed by atoms with van der Waals surface area (Å²) in [4.78, 5) is 26.8. The molecule has 0 aliphatic carbocycles. The summed E-state index contributed by atoms with van der Waals surface area (Å²) in [5.41, 5.74) is 10.5. The number of likely N-dealkylation sites (N-methyl/N-ethyl adjacent to an activating group) is 1. The number of aromatic nitrogens is 4. The highest BCUT2D eigenvalue weighted by Gasteiger charge is 2.25. The predicted molar refractivity (Wildman–Crippen MR) is 145 cm³/mol. The summed E-state index contributed by atoms with van der Waals surface area (Å²) in [5.74, 6) is 0.463. The molecule has 3 heterocycles. The van der Waals surface area contributed by atoms with Crippen molar-refractivity contribution in [2.75, 3.05) is 31.7 Å². The van der Waals surface area contributed by atoms with E-state index in [2.05, 4.69) is 26.7 Å². The molecule has 5 rings (SSSR count). The molecule has 0 radical (unpaired) electrons. The summed E-state index contributed by atoms with van der Waals surface area (Å²) in [6.45, 7) is 4.65. The quantitative estimate of drug-likeness (QED) is 0.304. The number of anilines is 2. The molecule has 0 aliphatic heterocycles. The van der Waals surface area contributed by atoms with E-state index in [1.54, 1.807) is 35.0 Å². The maximum absolute atomic E-state index is 12.6. The number of hydrogen-bond donors (Lipinski definition) is 3. The van der Waals surface area contributed by atoms with Crippen molar-refractivity contribution in [3.05, 3.63) is 76.1 Å². The molecule has 4 N–H and O–H groups in total. The lowest BCUT2D eigenvalue weighted by molar-refractivity contribution is -0.111. The summed E-state index contributed by atoms with van der Waals surface area (Å²) in [6.07, 6.45) is 3.29. The Labute approximate surface area is 212 Å². The molecule has 5 aromatic rings. The van der Waals surface area contributed by atoms with Gasteiger partial charge in [-0.3, -0.25) is 9.59 Å². The van der Waals surface area contributed by atoms with Crippen LogP contribution in [0, 0.1) is 13.8 Å². The van der Waals surface area contributed by atoms with Gasteiger partial charge in [0.1, 0.15) is 11.3 Å². The molecule has 0 saturated heterocycles. The van der Waals surface area contributed by atoms with Gasteiger partial charge in [-0.1, -0.05) is 17.7 Å². The number of rotatable bonds is 6. The zero-order chi connectivity index (χ0) is 26.3. The molecule has 1 amide bonds. The predicted octanol–water partition coefficient (Wildman–Crippen LogP) is 3.78. The van der Waals surface area contributed by atoms with Gasteiger partial charge in [0.2, 0.25) is 5.91 Å². The normalized spacial score (nSPS) is 11.8. The number of fused-ring (bicyclic) bond motifs is 2. The van der Waals surface area contributed by atoms with E-state index in [4.69, 9.17) is 10.2 Å². The first-order valence-corrected chi connectivity index (χ1v) is 11.7. The monoisotopic (exact) mass is 497 g/mol. The maximum Gasteiger partial charge on any atom is 0.292 e. The lowest BCUT2D eigenvalue weighted by Gasteiger charge is -2.09. The lowest BCUT2D eigenvalue weighted by Crippen LogP contribution is -2.13. The summed E-state index contributed by atoms with van der Waals surface area (Å²) >= 11 is 0. The van der Waals surface area contributed by atoms with Crippen LogP contribution >= 0.6 is 0 Å². The first-order valence-electron chi connectivity index (χ1n) is 11.7. The Morgan fingerprint density at radius 3 is 2.68 bits per heavy atom. The van der Waals surface area contributed by atoms with Gasteiger partial charge < -0.3 is 20.4 Å². The molecule has 0 aliphatic rings. The van der Waals surface area contributed by atoms with Crippen molar-refractivity contribution in [2.24, 2.45) is 0 Å². The lowest BCUT2D eigenvalue weighted by atomic mass is 10.1. The maximum atomic E-state index is 12.6. The van der Waals surface area contributed by atoms with Gasteiger partial charge >= 0.3 is 0 Å². The fourth-order valence-corrected chi connectivity index (χ4v) is 4.24. The van der Waals surface area contributed by atoms with E-state index in [0.717, 1.165) is 22.1 Å². The average molecular weight is 498 g/mol. The molecule has 37 heavy (non-hydrogen) atoms. The van der Waals surface area contributed by atoms with Gasteiger partial charge in [0.15, 0.2) is 17.1 Å². The van der Waals surface area contributed by atoms with Gasteiger partial charge in [-0.25, -0.2) is 9.78 Å². The zero-order valence-electron chi connectivity index (χ0n) is 21.0. The molecule has 0 fully saturated rings. The number of carbonyl (C=O) groups excluding carboxylic acids is 1. The summed E-state index contributed by atoms with van der Waals surface area (Å²) in [7, 11) is 3.86. The molecule has 0 spiro atoms. The highest BCUT2D eigenvalue weighted by Crippen LogP contribution is 2.39. The van der Waals surface area contributed by atoms with Crippen molar-refractivity contribution >= 4 is 39.3 Å². The van der Waals surface area contributed by atoms with Gasteiger partial charge in [0.25, 0.3) is 5.56 Å². The SMILES string of the molecule is Cc1ccc2oc(-c3c4c(N)n[nH]c(=O)c4nn3-c3ccc(NC(=O)/C=C/CN(C)C)cc3)c(C)c2c1. The third-order valence-electron chi connectivity index (χ3n) is 6.06. The van der Waals surface area contributed by atoms with E-state index in [0.29, 0.717) is 34.8 Å². The number of carbonyl (C=O) groups is 1. The largest absolute Gasteiger partial charge is 0.454 e. The standard InChI is InChI=1S/C27H27N7O3/c1-15-7-12-20-19(14-15)16(2)25(37-20)24-22-23(27(36)31-30-26(22)28)32-34(24)18-10-8-17(9-11-18)29-21(35)6-5-13-33(3)4/h5-12,14H,13H2,1-4H3,(H2,28,30)(H,29,35)(H,31,36)/b6-5+. The van der Waals surface area contributed by atoms with Gasteiger partial charge in [-0.15, -0.1) is 0 Å². The first-order chi connectivity index (χ1) is 17.7. The molecule has 10 nitrogen and oxygen atoms in total. The van der Waals surface area contributed by atoms with Gasteiger partial charge in [-0.2, -0.15) is 10.2 Å². The van der Waals surface area contributed by atoms with Gasteiger partial charge in [0, 0.05) is 29.3 Å². The minimum atomic E-state index is -0.456. The average Bonchev–Trinajstić information content (AvgIpc) is 3.41. The van der Waals surface area contributed by atoms with E-state index >= 15 is 0 Å². The van der Waals surface area contributed by atoms with Gasteiger partial charge in [0.05, 0.1) is 11.1 Å². The number of hydrogen-bond acceptors (Lipinski definition) is 7. The number of aromatic amines is 1. The number of nitrogen functional groups attached to an aromatic ring is 1. The van der Waals surface area contributed by atoms with Crippen LogP contribution in [-0.4, -0.2) is 51.4 Å². The van der Waals surface area contributed by atoms with E-state index in [1.165, 1.54) is 6.08 Å². The number of nitrogens with zero attached hydrogens (tertiary/aromatic N) is 4. The van der Waals surface area contributed by atoms with E-state index in [-0.39, 0.29) is 17.2 Å². The summed E-state index contributed by atoms with van der Waals surface area (Å²) in [5, 5.41) is 15.2. The van der Waals surface area contributed by atoms with E-state index in [1.807, 2.05) is 45.0 Å². The fraction of sp³-hybridized carbons (Fsp3) is 0.185. The molecular weight excluding hydrogens is 470 g/mol. The molecule has 10 heteroatoms. The first kappa shape index (κ1) is 24.0. The van der Waals surface area contributed by atoms with Crippen molar-refractivity contribution in [2.45, 2.75) is 13.8 Å². The Hall–Kier alpha value is -4.70. The highest BCUT2D eigenvalue weighted by molar-refractivity contribution is 6.02.